The second kappa shape index (κ2) is 11.9. The summed E-state index contributed by atoms with van der Waals surface area (Å²) in [6.07, 6.45) is 0. The van der Waals surface area contributed by atoms with Gasteiger partial charge in [0.25, 0.3) is 0 Å². The molecule has 9 nitrogen and oxygen atoms in total. The van der Waals surface area contributed by atoms with Crippen LogP contribution < -0.4 is 24.6 Å². The predicted molar refractivity (Wildman–Crippen MR) is 167 cm³/mol. The highest BCUT2D eigenvalue weighted by Crippen LogP contribution is 2.54. The van der Waals surface area contributed by atoms with Gasteiger partial charge in [0.1, 0.15) is 17.6 Å². The number of carbonyl (C=O) groups excluding carboxylic acids is 3. The molecule has 0 spiro atoms. The van der Waals surface area contributed by atoms with Crippen LogP contribution in [0, 0.1) is 11.7 Å². The summed E-state index contributed by atoms with van der Waals surface area (Å²) >= 11 is 14.0. The standard InChI is InChI=1S/C30H22Cl2FN3O6S2/c1-41-20-10-3-14(11-21(20)42-2)23-24-25(28(39)36(27(24)38)17-7-4-15(33)5-8-17)43-29-26(23)44-30(40)35(29)13-22(37)34-16-6-9-18(31)19(32)12-16/h3-12,23-25H,13H2,1-2H3,(H,34,37)/t23-,24-,25+/m0/s1. The van der Waals surface area contributed by atoms with Crippen LogP contribution in [0.5, 0.6) is 11.5 Å². The molecule has 0 radical (unpaired) electrons. The molecule has 3 amide bonds. The van der Waals surface area contributed by atoms with Gasteiger partial charge in [-0.25, -0.2) is 9.29 Å². The third-order valence-corrected chi connectivity index (χ3v) is 10.7. The van der Waals surface area contributed by atoms with Crippen molar-refractivity contribution in [2.24, 2.45) is 5.92 Å². The molecule has 0 bridgehead atoms. The average molecular weight is 675 g/mol. The molecule has 0 aliphatic carbocycles. The van der Waals surface area contributed by atoms with Crippen molar-refractivity contribution in [1.29, 1.82) is 0 Å². The van der Waals surface area contributed by atoms with E-state index in [2.05, 4.69) is 5.32 Å². The van der Waals surface area contributed by atoms with Crippen LogP contribution in [0.3, 0.4) is 0 Å². The lowest BCUT2D eigenvalue weighted by Crippen LogP contribution is -2.33. The number of thioether (sulfide) groups is 1. The molecule has 1 aromatic heterocycles. The van der Waals surface area contributed by atoms with Gasteiger partial charge in [-0.1, -0.05) is 52.4 Å². The molecular weight excluding hydrogens is 652 g/mol. The summed E-state index contributed by atoms with van der Waals surface area (Å²) in [4.78, 5) is 55.5. The number of halogens is 3. The van der Waals surface area contributed by atoms with Crippen molar-refractivity contribution < 1.29 is 28.2 Å². The fourth-order valence-electron chi connectivity index (χ4n) is 5.42. The van der Waals surface area contributed by atoms with Gasteiger partial charge in [-0.2, -0.15) is 0 Å². The summed E-state index contributed by atoms with van der Waals surface area (Å²) in [5.74, 6) is -2.74. The Kier molecular flexibility index (Phi) is 8.18. The van der Waals surface area contributed by atoms with E-state index in [1.807, 2.05) is 0 Å². The number of fused-ring (bicyclic) bond motifs is 2. The summed E-state index contributed by atoms with van der Waals surface area (Å²) in [6, 6.07) is 14.9. The van der Waals surface area contributed by atoms with E-state index in [0.29, 0.717) is 37.7 Å². The molecule has 6 rings (SSSR count). The Balaban J connectivity index is 1.43. The number of anilines is 2. The Morgan fingerprint density at radius 1 is 0.932 bits per heavy atom. The van der Waals surface area contributed by atoms with Gasteiger partial charge < -0.3 is 14.8 Å². The summed E-state index contributed by atoms with van der Waals surface area (Å²) in [5, 5.41) is 2.78. The van der Waals surface area contributed by atoms with Gasteiger partial charge in [0.2, 0.25) is 17.7 Å². The molecule has 14 heteroatoms. The maximum atomic E-state index is 14.0. The largest absolute Gasteiger partial charge is 0.493 e. The van der Waals surface area contributed by atoms with Gasteiger partial charge in [-0.05, 0) is 60.2 Å². The second-order valence-electron chi connectivity index (χ2n) is 9.95. The summed E-state index contributed by atoms with van der Waals surface area (Å²) < 4.78 is 25.9. The van der Waals surface area contributed by atoms with Crippen molar-refractivity contribution in [1.82, 2.24) is 4.57 Å². The van der Waals surface area contributed by atoms with Crippen LogP contribution >= 0.6 is 46.3 Å². The number of aromatic nitrogens is 1. The second-order valence-corrected chi connectivity index (χ2v) is 12.9. The number of nitrogens with zero attached hydrogens (tertiary/aromatic N) is 2. The van der Waals surface area contributed by atoms with Crippen LogP contribution in [-0.4, -0.2) is 41.8 Å². The highest BCUT2D eigenvalue weighted by molar-refractivity contribution is 8.00. The van der Waals surface area contributed by atoms with Gasteiger partial charge in [0, 0.05) is 16.5 Å². The van der Waals surface area contributed by atoms with Crippen molar-refractivity contribution in [3.63, 3.8) is 0 Å². The molecule has 0 unspecified atom stereocenters. The van der Waals surface area contributed by atoms with Gasteiger partial charge >= 0.3 is 4.87 Å². The van der Waals surface area contributed by atoms with Crippen LogP contribution in [-0.2, 0) is 20.9 Å². The molecule has 4 aromatic rings. The Hall–Kier alpha value is -3.84. The molecule has 1 fully saturated rings. The van der Waals surface area contributed by atoms with Crippen LogP contribution in [0.1, 0.15) is 16.4 Å². The normalized spacial score (nSPS) is 19.0. The van der Waals surface area contributed by atoms with Gasteiger partial charge in [-0.15, -0.1) is 0 Å². The number of amides is 3. The molecule has 0 saturated carbocycles. The third-order valence-electron chi connectivity index (χ3n) is 7.41. The number of nitrogens with one attached hydrogen (secondary N) is 1. The lowest BCUT2D eigenvalue weighted by molar-refractivity contribution is -0.122. The molecule has 226 valence electrons. The number of hydrogen-bond donors (Lipinski definition) is 1. The first kappa shape index (κ1) is 30.2. The van der Waals surface area contributed by atoms with E-state index in [0.717, 1.165) is 28.0 Å². The highest BCUT2D eigenvalue weighted by atomic mass is 35.5. The Morgan fingerprint density at radius 2 is 1.66 bits per heavy atom. The van der Waals surface area contributed by atoms with Gasteiger partial charge in [-0.3, -0.25) is 23.7 Å². The van der Waals surface area contributed by atoms with E-state index in [-0.39, 0.29) is 17.3 Å². The summed E-state index contributed by atoms with van der Waals surface area (Å²) in [5.41, 5.74) is 1.25. The zero-order chi connectivity index (χ0) is 31.3. The zero-order valence-electron chi connectivity index (χ0n) is 23.0. The number of thiazole rings is 1. The molecule has 1 N–H and O–H groups in total. The van der Waals surface area contributed by atoms with Crippen LogP contribution in [0.15, 0.2) is 70.5 Å². The minimum atomic E-state index is -0.920. The van der Waals surface area contributed by atoms with Crippen molar-refractivity contribution in [2.45, 2.75) is 22.7 Å². The molecule has 2 aliphatic rings. The van der Waals surface area contributed by atoms with Crippen molar-refractivity contribution in [2.75, 3.05) is 24.4 Å². The smallest absolute Gasteiger partial charge is 0.308 e. The molecular formula is C30H22Cl2FN3O6S2. The average Bonchev–Trinajstić information content (AvgIpc) is 3.45. The van der Waals surface area contributed by atoms with Gasteiger partial charge in [0.05, 0.1) is 40.9 Å². The minimum Gasteiger partial charge on any atom is -0.493 e. The maximum absolute atomic E-state index is 14.0. The Labute approximate surface area is 268 Å². The third kappa shape index (κ3) is 5.25. The van der Waals surface area contributed by atoms with E-state index in [1.165, 1.54) is 55.2 Å². The number of rotatable bonds is 7. The van der Waals surface area contributed by atoms with Crippen LogP contribution in [0.2, 0.25) is 10.0 Å². The molecule has 44 heavy (non-hydrogen) atoms. The molecule has 2 aliphatic heterocycles. The summed E-state index contributed by atoms with van der Waals surface area (Å²) in [7, 11) is 2.98. The van der Waals surface area contributed by atoms with E-state index in [4.69, 9.17) is 32.7 Å². The maximum Gasteiger partial charge on any atom is 0.308 e. The van der Waals surface area contributed by atoms with E-state index in [9.17, 15) is 23.6 Å². The van der Waals surface area contributed by atoms with Crippen LogP contribution in [0.25, 0.3) is 0 Å². The lowest BCUT2D eigenvalue weighted by Gasteiger charge is -2.31. The molecule has 3 heterocycles. The number of hydrogen-bond acceptors (Lipinski definition) is 8. The topological polar surface area (TPSA) is 107 Å². The SMILES string of the molecule is COc1ccc([C@@H]2c3sc(=O)n(CC(=O)Nc4ccc(Cl)c(Cl)c4)c3S[C@H]3C(=O)N(c4ccc(F)cc4)C(=O)[C@@H]23)cc1OC. The number of benzene rings is 3. The van der Waals surface area contributed by atoms with Crippen molar-refractivity contribution >= 4 is 75.4 Å². The molecule has 3 aromatic carbocycles. The number of methoxy groups -OCH3 is 2. The predicted octanol–water partition coefficient (Wildman–Crippen LogP) is 5.81. The summed E-state index contributed by atoms with van der Waals surface area (Å²) in [6.45, 7) is -0.349. The van der Waals surface area contributed by atoms with E-state index in [1.54, 1.807) is 24.3 Å². The van der Waals surface area contributed by atoms with E-state index < -0.39 is 45.5 Å². The minimum absolute atomic E-state index is 0.240. The fourth-order valence-corrected chi connectivity index (χ4v) is 8.49. The van der Waals surface area contributed by atoms with Crippen LogP contribution in [0.4, 0.5) is 15.8 Å². The number of carbonyl (C=O) groups is 3. The van der Waals surface area contributed by atoms with Crippen molar-refractivity contribution in [3.05, 3.63) is 96.6 Å². The zero-order valence-corrected chi connectivity index (χ0v) is 26.2. The first-order chi connectivity index (χ1) is 21.1. The Bertz CT molecular complexity index is 1880. The Morgan fingerprint density at radius 3 is 2.34 bits per heavy atom. The fraction of sp³-hybridized carbons (Fsp3) is 0.200. The van der Waals surface area contributed by atoms with E-state index >= 15 is 0 Å². The molecule has 1 saturated heterocycles. The van der Waals surface area contributed by atoms with Gasteiger partial charge in [0.15, 0.2) is 11.5 Å². The quantitative estimate of drug-likeness (QED) is 0.247. The first-order valence-corrected chi connectivity index (χ1v) is 15.6. The lowest BCUT2D eigenvalue weighted by atomic mass is 9.83. The van der Waals surface area contributed by atoms with Crippen molar-refractivity contribution in [3.8, 4) is 11.5 Å². The molecule has 3 atom stereocenters. The first-order valence-electron chi connectivity index (χ1n) is 13.1. The number of imide groups is 1. The monoisotopic (exact) mass is 673 g/mol. The number of ether oxygens (including phenoxy) is 2. The highest BCUT2D eigenvalue weighted by Gasteiger charge is 2.57.